The summed E-state index contributed by atoms with van der Waals surface area (Å²) >= 11 is 0. The Labute approximate surface area is 143 Å². The first kappa shape index (κ1) is 15.0. The Morgan fingerprint density at radius 2 is 1.75 bits per heavy atom. The van der Waals surface area contributed by atoms with Crippen LogP contribution in [0, 0.1) is 0 Å². The molecule has 24 heavy (non-hydrogen) atoms. The van der Waals surface area contributed by atoms with Crippen LogP contribution in [-0.4, -0.2) is 17.7 Å². The second kappa shape index (κ2) is 6.54. The average molecular weight is 318 g/mol. The Bertz CT molecular complexity index is 792. The van der Waals surface area contributed by atoms with E-state index in [1.807, 2.05) is 6.07 Å². The lowest BCUT2D eigenvalue weighted by atomic mass is 10.1. The normalized spacial score (nSPS) is 17.4. The summed E-state index contributed by atoms with van der Waals surface area (Å²) in [6.07, 6.45) is 5.34. The fourth-order valence-electron chi connectivity index (χ4n) is 3.25. The van der Waals surface area contributed by atoms with Gasteiger partial charge in [0.25, 0.3) is 0 Å². The third kappa shape index (κ3) is 2.83. The molecule has 0 bridgehead atoms. The lowest BCUT2D eigenvalue weighted by Gasteiger charge is -2.24. The summed E-state index contributed by atoms with van der Waals surface area (Å²) in [6.45, 7) is 3.86. The molecule has 0 saturated carbocycles. The average Bonchev–Trinajstić information content (AvgIpc) is 3.32. The van der Waals surface area contributed by atoms with E-state index < -0.39 is 0 Å². The Hall–Kier alpha value is -2.52. The van der Waals surface area contributed by atoms with Crippen LogP contribution in [0.1, 0.15) is 24.3 Å². The molecular weight excluding hydrogens is 296 g/mol. The Kier molecular flexibility index (Phi) is 4.09. The van der Waals surface area contributed by atoms with Gasteiger partial charge in [0.05, 0.1) is 6.61 Å². The molecule has 1 aliphatic heterocycles. The van der Waals surface area contributed by atoms with Crippen LogP contribution in [-0.2, 0) is 11.2 Å². The van der Waals surface area contributed by atoms with E-state index in [0.29, 0.717) is 0 Å². The number of aromatic nitrogens is 1. The third-order valence-corrected chi connectivity index (χ3v) is 4.62. The van der Waals surface area contributed by atoms with E-state index in [1.165, 1.54) is 22.5 Å². The number of anilines is 1. The molecule has 0 aliphatic carbocycles. The van der Waals surface area contributed by atoms with Gasteiger partial charge in [0, 0.05) is 35.9 Å². The molecule has 0 spiro atoms. The van der Waals surface area contributed by atoms with Crippen LogP contribution in [0.5, 0.6) is 0 Å². The van der Waals surface area contributed by atoms with Crippen molar-refractivity contribution in [1.82, 2.24) is 4.57 Å². The first-order valence-electron chi connectivity index (χ1n) is 8.55. The van der Waals surface area contributed by atoms with Gasteiger partial charge in [0.2, 0.25) is 0 Å². The number of aryl methyl sites for hydroxylation is 1. The van der Waals surface area contributed by atoms with Crippen molar-refractivity contribution in [3.05, 3.63) is 84.2 Å². The van der Waals surface area contributed by atoms with Crippen LogP contribution in [0.4, 0.5) is 5.69 Å². The quantitative estimate of drug-likeness (QED) is 0.701. The van der Waals surface area contributed by atoms with Crippen LogP contribution >= 0.6 is 0 Å². The van der Waals surface area contributed by atoms with E-state index in [0.717, 1.165) is 19.6 Å². The van der Waals surface area contributed by atoms with Crippen molar-refractivity contribution in [2.45, 2.75) is 19.6 Å². The summed E-state index contributed by atoms with van der Waals surface area (Å²) in [5, 5.41) is 0. The number of ether oxygens (including phenoxy) is 1. The highest BCUT2D eigenvalue weighted by Gasteiger charge is 2.27. The molecule has 2 heterocycles. The van der Waals surface area contributed by atoms with Gasteiger partial charge in [-0.15, -0.1) is 0 Å². The molecule has 3 aromatic rings. The number of hydrogen-bond acceptors (Lipinski definition) is 2. The minimum Gasteiger partial charge on any atom is -0.352 e. The zero-order valence-corrected chi connectivity index (χ0v) is 13.9. The van der Waals surface area contributed by atoms with Gasteiger partial charge in [0.15, 0.2) is 6.23 Å². The highest BCUT2D eigenvalue weighted by molar-refractivity contribution is 5.49. The van der Waals surface area contributed by atoms with Crippen LogP contribution in [0.25, 0.3) is 5.69 Å². The maximum atomic E-state index is 6.00. The van der Waals surface area contributed by atoms with E-state index in [2.05, 4.69) is 83.4 Å². The maximum Gasteiger partial charge on any atom is 0.158 e. The highest BCUT2D eigenvalue weighted by atomic mass is 16.5. The molecule has 1 aromatic heterocycles. The van der Waals surface area contributed by atoms with Crippen molar-refractivity contribution in [3.8, 4) is 5.69 Å². The highest BCUT2D eigenvalue weighted by Crippen LogP contribution is 2.32. The van der Waals surface area contributed by atoms with Gasteiger partial charge in [-0.1, -0.05) is 37.3 Å². The minimum atomic E-state index is -0.0106. The molecule has 3 nitrogen and oxygen atoms in total. The van der Waals surface area contributed by atoms with Gasteiger partial charge in [-0.25, -0.2) is 0 Å². The maximum absolute atomic E-state index is 6.00. The van der Waals surface area contributed by atoms with Gasteiger partial charge in [-0.2, -0.15) is 0 Å². The van der Waals surface area contributed by atoms with E-state index in [1.54, 1.807) is 0 Å². The van der Waals surface area contributed by atoms with Crippen LogP contribution in [0.15, 0.2) is 73.1 Å². The monoisotopic (exact) mass is 318 g/mol. The van der Waals surface area contributed by atoms with Crippen molar-refractivity contribution in [3.63, 3.8) is 0 Å². The summed E-state index contributed by atoms with van der Waals surface area (Å²) in [6, 6.07) is 21.4. The van der Waals surface area contributed by atoms with Gasteiger partial charge in [0.1, 0.15) is 0 Å². The number of nitrogens with zero attached hydrogens (tertiary/aromatic N) is 2. The molecule has 122 valence electrons. The summed E-state index contributed by atoms with van der Waals surface area (Å²) in [4.78, 5) is 2.32. The first-order valence-corrected chi connectivity index (χ1v) is 8.55. The van der Waals surface area contributed by atoms with E-state index in [4.69, 9.17) is 4.74 Å². The Balaban J connectivity index is 1.59. The van der Waals surface area contributed by atoms with E-state index in [-0.39, 0.29) is 6.23 Å². The van der Waals surface area contributed by atoms with Crippen molar-refractivity contribution in [2.75, 3.05) is 18.1 Å². The number of hydrogen-bond donors (Lipinski definition) is 0. The molecule has 1 atom stereocenters. The molecule has 0 amide bonds. The molecule has 1 saturated heterocycles. The number of benzene rings is 2. The van der Waals surface area contributed by atoms with E-state index >= 15 is 0 Å². The second-order valence-corrected chi connectivity index (χ2v) is 6.12. The number of rotatable bonds is 4. The van der Waals surface area contributed by atoms with Crippen molar-refractivity contribution < 1.29 is 4.74 Å². The van der Waals surface area contributed by atoms with Crippen LogP contribution in [0.3, 0.4) is 0 Å². The fourth-order valence-corrected chi connectivity index (χ4v) is 3.25. The lowest BCUT2D eigenvalue weighted by molar-refractivity contribution is 0.114. The molecule has 0 radical (unpaired) electrons. The predicted molar refractivity (Wildman–Crippen MR) is 97.6 cm³/mol. The molecule has 3 heteroatoms. The van der Waals surface area contributed by atoms with Gasteiger partial charge < -0.3 is 14.2 Å². The number of para-hydroxylation sites is 1. The van der Waals surface area contributed by atoms with Crippen molar-refractivity contribution in [2.24, 2.45) is 0 Å². The van der Waals surface area contributed by atoms with Gasteiger partial charge in [-0.05, 0) is 42.3 Å². The van der Waals surface area contributed by atoms with Crippen molar-refractivity contribution in [1.29, 1.82) is 0 Å². The summed E-state index contributed by atoms with van der Waals surface area (Å²) in [7, 11) is 0. The summed E-state index contributed by atoms with van der Waals surface area (Å²) < 4.78 is 8.17. The fraction of sp³-hybridized carbons (Fsp3) is 0.238. The Morgan fingerprint density at radius 1 is 0.958 bits per heavy atom. The second-order valence-electron chi connectivity index (χ2n) is 6.12. The molecule has 1 aliphatic rings. The minimum absolute atomic E-state index is 0.0106. The lowest BCUT2D eigenvalue weighted by Crippen LogP contribution is -2.22. The van der Waals surface area contributed by atoms with Crippen LogP contribution in [0.2, 0.25) is 0 Å². The third-order valence-electron chi connectivity index (χ3n) is 4.62. The van der Waals surface area contributed by atoms with Gasteiger partial charge >= 0.3 is 0 Å². The smallest absolute Gasteiger partial charge is 0.158 e. The zero-order valence-electron chi connectivity index (χ0n) is 13.9. The van der Waals surface area contributed by atoms with Gasteiger partial charge in [-0.3, -0.25) is 0 Å². The van der Waals surface area contributed by atoms with Crippen LogP contribution < -0.4 is 4.90 Å². The molecular formula is C21H22N2O. The zero-order chi connectivity index (χ0) is 16.4. The summed E-state index contributed by atoms with van der Waals surface area (Å²) in [5.41, 5.74) is 4.94. The Morgan fingerprint density at radius 3 is 2.50 bits per heavy atom. The molecule has 4 rings (SSSR count). The standard InChI is InChI=1S/C21H22N2O/c1-2-17-8-10-19(11-9-17)22-13-12-18(16-22)21-23(14-15-24-21)20-6-4-3-5-7-20/h3-13,16,21H,2,14-15H2,1H3. The van der Waals surface area contributed by atoms with Crippen molar-refractivity contribution >= 4 is 5.69 Å². The predicted octanol–water partition coefficient (Wildman–Crippen LogP) is 4.58. The van der Waals surface area contributed by atoms with E-state index in [9.17, 15) is 0 Å². The molecule has 1 fully saturated rings. The summed E-state index contributed by atoms with van der Waals surface area (Å²) in [5.74, 6) is 0. The molecule has 1 unspecified atom stereocenters. The largest absolute Gasteiger partial charge is 0.352 e. The molecule has 0 N–H and O–H groups in total. The first-order chi connectivity index (χ1) is 11.8. The topological polar surface area (TPSA) is 17.4 Å². The SMILES string of the molecule is CCc1ccc(-n2ccc(C3OCCN3c3ccccc3)c2)cc1. The molecule has 2 aromatic carbocycles.